The molecule has 1 aliphatic carbocycles. The summed E-state index contributed by atoms with van der Waals surface area (Å²) < 4.78 is 5.13. The summed E-state index contributed by atoms with van der Waals surface area (Å²) in [7, 11) is 1.62. The highest BCUT2D eigenvalue weighted by atomic mass is 16.5. The zero-order valence-corrected chi connectivity index (χ0v) is 12.9. The average molecular weight is 294 g/mol. The zero-order chi connectivity index (χ0) is 15.9. The number of phenolic OH excluding ortho intramolecular Hbond substituents is 1. The third-order valence-corrected chi connectivity index (χ3v) is 4.16. The molecule has 2 aromatic carbocycles. The fraction of sp³-hybridized carbons (Fsp3) is 0.211. The molecule has 22 heavy (non-hydrogen) atoms. The van der Waals surface area contributed by atoms with E-state index in [1.807, 2.05) is 50.3 Å². The van der Waals surface area contributed by atoms with Gasteiger partial charge in [-0.3, -0.25) is 4.79 Å². The number of aromatic hydroxyl groups is 1. The van der Waals surface area contributed by atoms with Gasteiger partial charge < -0.3 is 9.84 Å². The summed E-state index contributed by atoms with van der Waals surface area (Å²) in [6.45, 7) is 3.80. The third-order valence-electron chi connectivity index (χ3n) is 4.16. The number of hydrogen-bond acceptors (Lipinski definition) is 3. The zero-order valence-electron chi connectivity index (χ0n) is 12.9. The van der Waals surface area contributed by atoms with Crippen molar-refractivity contribution in [1.82, 2.24) is 0 Å². The van der Waals surface area contributed by atoms with Gasteiger partial charge in [-0.2, -0.15) is 0 Å². The Hall–Kier alpha value is -2.55. The van der Waals surface area contributed by atoms with Crippen LogP contribution in [-0.4, -0.2) is 18.0 Å². The van der Waals surface area contributed by atoms with Crippen LogP contribution in [0, 0.1) is 13.8 Å². The van der Waals surface area contributed by atoms with Gasteiger partial charge in [0.2, 0.25) is 0 Å². The maximum atomic E-state index is 12.6. The summed E-state index contributed by atoms with van der Waals surface area (Å²) in [5, 5.41) is 10.2. The maximum Gasteiger partial charge on any atom is 0.193 e. The molecule has 3 nitrogen and oxygen atoms in total. The Morgan fingerprint density at radius 1 is 1.14 bits per heavy atom. The van der Waals surface area contributed by atoms with Crippen LogP contribution in [0.5, 0.6) is 11.5 Å². The standard InChI is InChI=1S/C19H18O3/c1-11-8-12(2)18(20)17-16(11)10-14(19(17)21)9-13-4-6-15(22-3)7-5-13/h4-9,20H,10H2,1-3H3/b14-9+. The van der Waals surface area contributed by atoms with Gasteiger partial charge in [0.05, 0.1) is 12.7 Å². The van der Waals surface area contributed by atoms with Crippen LogP contribution in [0.1, 0.15) is 32.6 Å². The van der Waals surface area contributed by atoms with Crippen LogP contribution in [0.2, 0.25) is 0 Å². The Morgan fingerprint density at radius 3 is 2.45 bits per heavy atom. The maximum absolute atomic E-state index is 12.6. The lowest BCUT2D eigenvalue weighted by Gasteiger charge is -2.07. The molecule has 0 fully saturated rings. The lowest BCUT2D eigenvalue weighted by Crippen LogP contribution is -1.97. The molecule has 0 radical (unpaired) electrons. The molecule has 0 aromatic heterocycles. The van der Waals surface area contributed by atoms with E-state index >= 15 is 0 Å². The van der Waals surface area contributed by atoms with E-state index in [4.69, 9.17) is 4.74 Å². The van der Waals surface area contributed by atoms with Crippen molar-refractivity contribution in [3.63, 3.8) is 0 Å². The minimum atomic E-state index is -0.0740. The van der Waals surface area contributed by atoms with Crippen LogP contribution < -0.4 is 4.74 Å². The molecule has 0 spiro atoms. The molecule has 0 unspecified atom stereocenters. The summed E-state index contributed by atoms with van der Waals surface area (Å²) in [4.78, 5) is 12.6. The predicted octanol–water partition coefficient (Wildman–Crippen LogP) is 3.84. The first-order valence-electron chi connectivity index (χ1n) is 7.22. The van der Waals surface area contributed by atoms with Crippen LogP contribution in [0.3, 0.4) is 0 Å². The van der Waals surface area contributed by atoms with Gasteiger partial charge >= 0.3 is 0 Å². The highest BCUT2D eigenvalue weighted by Gasteiger charge is 2.30. The number of fused-ring (bicyclic) bond motifs is 1. The largest absolute Gasteiger partial charge is 0.507 e. The van der Waals surface area contributed by atoms with E-state index in [1.54, 1.807) is 7.11 Å². The first-order chi connectivity index (χ1) is 10.5. The number of ether oxygens (including phenoxy) is 1. The van der Waals surface area contributed by atoms with E-state index in [0.717, 1.165) is 28.0 Å². The minimum absolute atomic E-state index is 0.0740. The van der Waals surface area contributed by atoms with Gasteiger partial charge in [0.25, 0.3) is 0 Å². The van der Waals surface area contributed by atoms with Gasteiger partial charge in [-0.05, 0) is 54.3 Å². The van der Waals surface area contributed by atoms with Gasteiger partial charge in [-0.15, -0.1) is 0 Å². The summed E-state index contributed by atoms with van der Waals surface area (Å²) in [5.41, 5.74) is 4.87. The lowest BCUT2D eigenvalue weighted by atomic mass is 10.00. The van der Waals surface area contributed by atoms with Crippen molar-refractivity contribution >= 4 is 11.9 Å². The predicted molar refractivity (Wildman–Crippen MR) is 86.6 cm³/mol. The van der Waals surface area contributed by atoms with E-state index in [9.17, 15) is 9.90 Å². The van der Waals surface area contributed by atoms with E-state index in [0.29, 0.717) is 17.6 Å². The van der Waals surface area contributed by atoms with Gasteiger partial charge in [-0.1, -0.05) is 18.2 Å². The van der Waals surface area contributed by atoms with Crippen LogP contribution >= 0.6 is 0 Å². The number of carbonyl (C=O) groups excluding carboxylic acids is 1. The highest BCUT2D eigenvalue weighted by Crippen LogP contribution is 2.38. The Bertz CT molecular complexity index is 783. The molecule has 0 bridgehead atoms. The first-order valence-corrected chi connectivity index (χ1v) is 7.22. The van der Waals surface area contributed by atoms with Crippen molar-refractivity contribution < 1.29 is 14.6 Å². The summed E-state index contributed by atoms with van der Waals surface area (Å²) in [5.74, 6) is 0.825. The highest BCUT2D eigenvalue weighted by molar-refractivity contribution is 6.17. The molecular formula is C19H18O3. The van der Waals surface area contributed by atoms with Crippen molar-refractivity contribution in [3.8, 4) is 11.5 Å². The second-order valence-corrected chi connectivity index (χ2v) is 5.66. The summed E-state index contributed by atoms with van der Waals surface area (Å²) in [6, 6.07) is 9.50. The van der Waals surface area contributed by atoms with E-state index in [1.165, 1.54) is 0 Å². The van der Waals surface area contributed by atoms with E-state index in [2.05, 4.69) is 0 Å². The lowest BCUT2D eigenvalue weighted by molar-refractivity contribution is 0.103. The number of Topliss-reactive ketones (excluding diaryl/α,β-unsaturated/α-hetero) is 1. The van der Waals surface area contributed by atoms with Crippen molar-refractivity contribution in [2.45, 2.75) is 20.3 Å². The van der Waals surface area contributed by atoms with Crippen LogP contribution in [0.15, 0.2) is 35.9 Å². The summed E-state index contributed by atoms with van der Waals surface area (Å²) in [6.07, 6.45) is 2.45. The van der Waals surface area contributed by atoms with Crippen molar-refractivity contribution in [3.05, 3.63) is 63.7 Å². The molecule has 2 aromatic rings. The normalized spacial score (nSPS) is 15.2. The number of benzene rings is 2. The molecule has 1 aliphatic rings. The second-order valence-electron chi connectivity index (χ2n) is 5.66. The fourth-order valence-corrected chi connectivity index (χ4v) is 2.94. The molecule has 0 saturated heterocycles. The number of aryl methyl sites for hydroxylation is 2. The van der Waals surface area contributed by atoms with Crippen LogP contribution in [0.25, 0.3) is 6.08 Å². The molecule has 3 heteroatoms. The Balaban J connectivity index is 2.01. The number of rotatable bonds is 2. The molecule has 3 rings (SSSR count). The number of methoxy groups -OCH3 is 1. The number of carbonyl (C=O) groups is 1. The average Bonchev–Trinajstić information content (AvgIpc) is 2.83. The van der Waals surface area contributed by atoms with Gasteiger partial charge in [0, 0.05) is 12.0 Å². The number of hydrogen-bond donors (Lipinski definition) is 1. The van der Waals surface area contributed by atoms with E-state index < -0.39 is 0 Å². The van der Waals surface area contributed by atoms with Crippen LogP contribution in [0.4, 0.5) is 0 Å². The third kappa shape index (κ3) is 2.29. The monoisotopic (exact) mass is 294 g/mol. The van der Waals surface area contributed by atoms with Crippen molar-refractivity contribution in [2.75, 3.05) is 7.11 Å². The number of phenols is 1. The Labute approximate surface area is 129 Å². The molecule has 0 heterocycles. The fourth-order valence-electron chi connectivity index (χ4n) is 2.94. The molecule has 0 amide bonds. The quantitative estimate of drug-likeness (QED) is 0.856. The first kappa shape index (κ1) is 14.4. The van der Waals surface area contributed by atoms with Gasteiger partial charge in [-0.25, -0.2) is 0 Å². The minimum Gasteiger partial charge on any atom is -0.507 e. The number of allylic oxidation sites excluding steroid dienone is 1. The smallest absolute Gasteiger partial charge is 0.193 e. The van der Waals surface area contributed by atoms with Crippen molar-refractivity contribution in [1.29, 1.82) is 0 Å². The number of ketones is 1. The molecule has 0 saturated carbocycles. The molecule has 0 atom stereocenters. The van der Waals surface area contributed by atoms with E-state index in [-0.39, 0.29) is 11.5 Å². The molecule has 1 N–H and O–H groups in total. The molecular weight excluding hydrogens is 276 g/mol. The SMILES string of the molecule is COc1ccc(/C=C2\Cc3c(C)cc(C)c(O)c3C2=O)cc1. The summed E-state index contributed by atoms with van der Waals surface area (Å²) >= 11 is 0. The van der Waals surface area contributed by atoms with Gasteiger partial charge in [0.15, 0.2) is 5.78 Å². The topological polar surface area (TPSA) is 46.5 Å². The Kier molecular flexibility index (Phi) is 3.49. The molecule has 112 valence electrons. The second kappa shape index (κ2) is 5.34. The van der Waals surface area contributed by atoms with Gasteiger partial charge in [0.1, 0.15) is 11.5 Å². The molecule has 0 aliphatic heterocycles. The van der Waals surface area contributed by atoms with Crippen molar-refractivity contribution in [2.24, 2.45) is 0 Å². The van der Waals surface area contributed by atoms with Crippen LogP contribution in [-0.2, 0) is 6.42 Å². The Morgan fingerprint density at radius 2 is 1.82 bits per heavy atom.